The number of nitrogens with zero attached hydrogens (tertiary/aromatic N) is 1. The number of hydrogen-bond donors (Lipinski definition) is 3. The van der Waals surface area contributed by atoms with Crippen molar-refractivity contribution in [2.45, 2.75) is 26.0 Å². The van der Waals surface area contributed by atoms with Gasteiger partial charge in [-0.05, 0) is 36.1 Å². The van der Waals surface area contributed by atoms with E-state index in [2.05, 4.69) is 27.8 Å². The number of aliphatic hydroxyl groups excluding tert-OH is 1. The maximum atomic E-state index is 9.40. The van der Waals surface area contributed by atoms with E-state index in [1.165, 1.54) is 0 Å². The SMILES string of the molecule is CN=C(NCc1ccccc1COc1ccccc1Cl)NCC1(CCO)CCOC1. The maximum Gasteiger partial charge on any atom is 0.191 e. The summed E-state index contributed by atoms with van der Waals surface area (Å²) in [5.74, 6) is 1.40. The fourth-order valence-electron chi connectivity index (χ4n) is 3.57. The topological polar surface area (TPSA) is 75.1 Å². The Kier molecular flexibility index (Phi) is 8.37. The highest BCUT2D eigenvalue weighted by atomic mass is 35.5. The molecule has 3 N–H and O–H groups in total. The second-order valence-corrected chi connectivity index (χ2v) is 7.95. The lowest BCUT2D eigenvalue weighted by Crippen LogP contribution is -2.44. The van der Waals surface area contributed by atoms with Crippen LogP contribution in [0.3, 0.4) is 0 Å². The molecule has 6 nitrogen and oxygen atoms in total. The molecule has 0 radical (unpaired) electrons. The molecule has 0 bridgehead atoms. The summed E-state index contributed by atoms with van der Waals surface area (Å²) in [6.07, 6.45) is 1.67. The quantitative estimate of drug-likeness (QED) is 0.419. The van der Waals surface area contributed by atoms with E-state index in [9.17, 15) is 5.11 Å². The Bertz CT molecular complexity index is 838. The Balaban J connectivity index is 1.56. The molecule has 3 rings (SSSR count). The highest BCUT2D eigenvalue weighted by Gasteiger charge is 2.34. The number of halogens is 1. The molecule has 7 heteroatoms. The van der Waals surface area contributed by atoms with E-state index >= 15 is 0 Å². The minimum Gasteiger partial charge on any atom is -0.487 e. The number of ether oxygens (including phenoxy) is 2. The number of benzene rings is 2. The van der Waals surface area contributed by atoms with Gasteiger partial charge in [-0.15, -0.1) is 0 Å². The Labute approximate surface area is 183 Å². The molecule has 0 aliphatic carbocycles. The lowest BCUT2D eigenvalue weighted by molar-refractivity contribution is 0.127. The van der Waals surface area contributed by atoms with E-state index in [4.69, 9.17) is 21.1 Å². The van der Waals surface area contributed by atoms with Gasteiger partial charge in [-0.1, -0.05) is 48.0 Å². The Hall–Kier alpha value is -2.28. The fraction of sp³-hybridized carbons (Fsp3) is 0.435. The monoisotopic (exact) mass is 431 g/mol. The lowest BCUT2D eigenvalue weighted by atomic mass is 9.84. The molecule has 1 aliphatic heterocycles. The first-order chi connectivity index (χ1) is 14.7. The van der Waals surface area contributed by atoms with Crippen molar-refractivity contribution in [3.8, 4) is 5.75 Å². The smallest absolute Gasteiger partial charge is 0.191 e. The maximum absolute atomic E-state index is 9.40. The predicted molar refractivity (Wildman–Crippen MR) is 120 cm³/mol. The van der Waals surface area contributed by atoms with Crippen LogP contribution in [0.25, 0.3) is 0 Å². The van der Waals surface area contributed by atoms with Gasteiger partial charge in [-0.3, -0.25) is 4.99 Å². The highest BCUT2D eigenvalue weighted by Crippen LogP contribution is 2.31. The van der Waals surface area contributed by atoms with Crippen molar-refractivity contribution in [2.75, 3.05) is 33.4 Å². The van der Waals surface area contributed by atoms with Crippen molar-refractivity contribution in [1.82, 2.24) is 10.6 Å². The number of nitrogens with one attached hydrogen (secondary N) is 2. The van der Waals surface area contributed by atoms with E-state index < -0.39 is 0 Å². The third-order valence-electron chi connectivity index (χ3n) is 5.47. The summed E-state index contributed by atoms with van der Waals surface area (Å²) in [5, 5.41) is 16.8. The molecule has 1 unspecified atom stereocenters. The summed E-state index contributed by atoms with van der Waals surface area (Å²) in [6.45, 7) is 3.34. The van der Waals surface area contributed by atoms with E-state index in [0.717, 1.165) is 36.5 Å². The van der Waals surface area contributed by atoms with Gasteiger partial charge in [0.1, 0.15) is 12.4 Å². The van der Waals surface area contributed by atoms with Crippen LogP contribution in [-0.4, -0.2) is 44.5 Å². The molecule has 1 heterocycles. The number of hydrogen-bond acceptors (Lipinski definition) is 4. The first kappa shape index (κ1) is 22.4. The third-order valence-corrected chi connectivity index (χ3v) is 5.78. The van der Waals surface area contributed by atoms with Crippen LogP contribution in [-0.2, 0) is 17.9 Å². The molecule has 1 fully saturated rings. The Morgan fingerprint density at radius 3 is 2.63 bits per heavy atom. The van der Waals surface area contributed by atoms with Gasteiger partial charge in [-0.2, -0.15) is 0 Å². The molecule has 0 spiro atoms. The fourth-order valence-corrected chi connectivity index (χ4v) is 3.76. The Morgan fingerprint density at radius 1 is 1.17 bits per heavy atom. The molecule has 0 aromatic heterocycles. The van der Waals surface area contributed by atoms with Gasteiger partial charge >= 0.3 is 0 Å². The molecule has 0 saturated carbocycles. The van der Waals surface area contributed by atoms with Crippen molar-refractivity contribution < 1.29 is 14.6 Å². The molecule has 162 valence electrons. The average Bonchev–Trinajstić information content (AvgIpc) is 3.23. The van der Waals surface area contributed by atoms with Gasteiger partial charge in [0.25, 0.3) is 0 Å². The molecule has 0 amide bonds. The zero-order chi connectivity index (χ0) is 21.2. The standard InChI is InChI=1S/C23H30ClN3O3/c1-25-22(27-16-23(10-12-28)11-13-29-17-23)26-14-18-6-2-3-7-19(18)15-30-21-9-5-4-8-20(21)24/h2-9,28H,10-17H2,1H3,(H2,25,26,27). The first-order valence-corrected chi connectivity index (χ1v) is 10.6. The van der Waals surface area contributed by atoms with Gasteiger partial charge in [0.15, 0.2) is 5.96 Å². The largest absolute Gasteiger partial charge is 0.487 e. The van der Waals surface area contributed by atoms with Crippen LogP contribution in [0, 0.1) is 5.41 Å². The molecular formula is C23H30ClN3O3. The zero-order valence-electron chi connectivity index (χ0n) is 17.4. The normalized spacial score (nSPS) is 19.0. The zero-order valence-corrected chi connectivity index (χ0v) is 18.1. The molecule has 1 aliphatic rings. The number of guanidine groups is 1. The van der Waals surface area contributed by atoms with Crippen LogP contribution >= 0.6 is 11.6 Å². The average molecular weight is 432 g/mol. The van der Waals surface area contributed by atoms with Gasteiger partial charge in [0.05, 0.1) is 11.6 Å². The van der Waals surface area contributed by atoms with Crippen molar-refractivity contribution in [3.63, 3.8) is 0 Å². The number of aliphatic imine (C=N–C) groups is 1. The second kappa shape index (κ2) is 11.2. The van der Waals surface area contributed by atoms with Crippen molar-refractivity contribution in [3.05, 3.63) is 64.7 Å². The molecule has 2 aromatic carbocycles. The van der Waals surface area contributed by atoms with Crippen LogP contribution in [0.15, 0.2) is 53.5 Å². The molecule has 1 atom stereocenters. The summed E-state index contributed by atoms with van der Waals surface area (Å²) < 4.78 is 11.5. The van der Waals surface area contributed by atoms with Gasteiger partial charge in [0, 0.05) is 38.8 Å². The summed E-state index contributed by atoms with van der Waals surface area (Å²) >= 11 is 6.19. The lowest BCUT2D eigenvalue weighted by Gasteiger charge is -2.27. The second-order valence-electron chi connectivity index (χ2n) is 7.54. The van der Waals surface area contributed by atoms with Crippen molar-refractivity contribution >= 4 is 17.6 Å². The van der Waals surface area contributed by atoms with Crippen LogP contribution < -0.4 is 15.4 Å². The van der Waals surface area contributed by atoms with E-state index in [1.807, 2.05) is 36.4 Å². The van der Waals surface area contributed by atoms with Gasteiger partial charge in [0.2, 0.25) is 0 Å². The van der Waals surface area contributed by atoms with Gasteiger partial charge in [-0.25, -0.2) is 0 Å². The summed E-state index contributed by atoms with van der Waals surface area (Å²) in [7, 11) is 1.76. The third kappa shape index (κ3) is 6.11. The first-order valence-electron chi connectivity index (χ1n) is 10.2. The Morgan fingerprint density at radius 2 is 1.93 bits per heavy atom. The predicted octanol–water partition coefficient (Wildman–Crippen LogP) is 3.37. The van der Waals surface area contributed by atoms with Crippen molar-refractivity contribution in [1.29, 1.82) is 0 Å². The van der Waals surface area contributed by atoms with Crippen LogP contribution in [0.1, 0.15) is 24.0 Å². The summed E-state index contributed by atoms with van der Waals surface area (Å²) in [4.78, 5) is 4.33. The van der Waals surface area contributed by atoms with Crippen LogP contribution in [0.5, 0.6) is 5.75 Å². The van der Waals surface area contributed by atoms with Crippen LogP contribution in [0.2, 0.25) is 5.02 Å². The number of rotatable bonds is 9. The molecule has 1 saturated heterocycles. The van der Waals surface area contributed by atoms with Crippen LogP contribution in [0.4, 0.5) is 0 Å². The van der Waals surface area contributed by atoms with Crippen molar-refractivity contribution in [2.24, 2.45) is 10.4 Å². The molecular weight excluding hydrogens is 402 g/mol. The molecule has 30 heavy (non-hydrogen) atoms. The summed E-state index contributed by atoms with van der Waals surface area (Å²) in [5.41, 5.74) is 2.18. The van der Waals surface area contributed by atoms with E-state index in [0.29, 0.717) is 37.1 Å². The number of aliphatic hydroxyl groups is 1. The molecule has 2 aromatic rings. The minimum atomic E-state index is -0.0347. The summed E-state index contributed by atoms with van der Waals surface area (Å²) in [6, 6.07) is 15.6. The van der Waals surface area contributed by atoms with Gasteiger partial charge < -0.3 is 25.2 Å². The van der Waals surface area contributed by atoms with E-state index in [-0.39, 0.29) is 12.0 Å². The number of para-hydroxylation sites is 1. The minimum absolute atomic E-state index is 0.0347. The highest BCUT2D eigenvalue weighted by molar-refractivity contribution is 6.32. The van der Waals surface area contributed by atoms with E-state index in [1.54, 1.807) is 7.05 Å².